The Kier molecular flexibility index (Phi) is 6.88. The molecule has 0 aliphatic heterocycles. The fraction of sp³-hybridized carbons (Fsp3) is 0.250. The molecule has 3 aromatic rings. The van der Waals surface area contributed by atoms with Gasteiger partial charge in [-0.05, 0) is 37.3 Å². The number of ether oxygens (including phenoxy) is 2. The van der Waals surface area contributed by atoms with Crippen LogP contribution in [0.25, 0.3) is 22.4 Å². The quantitative estimate of drug-likeness (QED) is 0.429. The molecule has 0 fully saturated rings. The van der Waals surface area contributed by atoms with Gasteiger partial charge in [0.15, 0.2) is 6.61 Å². The number of fused-ring (bicyclic) bond motifs is 1. The number of aryl methyl sites for hydroxylation is 1. The van der Waals surface area contributed by atoms with Crippen LogP contribution in [0.2, 0.25) is 0 Å². The highest BCUT2D eigenvalue weighted by molar-refractivity contribution is 6.05. The predicted octanol–water partition coefficient (Wildman–Crippen LogP) is 1.97. The molecule has 0 aliphatic rings. The van der Waals surface area contributed by atoms with Crippen LogP contribution in [0.4, 0.5) is 9.18 Å². The number of halogens is 1. The van der Waals surface area contributed by atoms with E-state index in [0.717, 1.165) is 0 Å². The molecule has 0 aliphatic carbocycles. The van der Waals surface area contributed by atoms with E-state index in [4.69, 9.17) is 14.0 Å². The summed E-state index contributed by atoms with van der Waals surface area (Å²) in [7, 11) is 1.47. The Morgan fingerprint density at radius 1 is 1.19 bits per heavy atom. The largest absolute Gasteiger partial charge is 0.452 e. The van der Waals surface area contributed by atoms with Crippen LogP contribution in [-0.2, 0) is 14.3 Å². The number of carbonyl (C=O) groups excluding carboxylic acids is 3. The van der Waals surface area contributed by atoms with E-state index in [1.54, 1.807) is 6.92 Å². The van der Waals surface area contributed by atoms with Crippen LogP contribution in [0.1, 0.15) is 16.1 Å². The van der Waals surface area contributed by atoms with Gasteiger partial charge in [0.05, 0.1) is 28.9 Å². The molecule has 3 amide bonds. The highest BCUT2D eigenvalue weighted by Crippen LogP contribution is 2.27. The number of methoxy groups -OCH3 is 1. The Balaban J connectivity index is 1.75. The first-order valence-electron chi connectivity index (χ1n) is 9.15. The number of hydrogen-bond acceptors (Lipinski definition) is 8. The third-order valence-corrected chi connectivity index (χ3v) is 4.16. The summed E-state index contributed by atoms with van der Waals surface area (Å²) in [6, 6.07) is 6.21. The number of nitrogens with zero attached hydrogens (tertiary/aromatic N) is 2. The van der Waals surface area contributed by atoms with E-state index in [1.165, 1.54) is 37.4 Å². The molecule has 0 radical (unpaired) electrons. The fourth-order valence-electron chi connectivity index (χ4n) is 2.71. The summed E-state index contributed by atoms with van der Waals surface area (Å²) in [6.07, 6.45) is 0. The highest BCUT2D eigenvalue weighted by atomic mass is 19.1. The van der Waals surface area contributed by atoms with Gasteiger partial charge in [-0.25, -0.2) is 19.0 Å². The maximum atomic E-state index is 13.2. The minimum absolute atomic E-state index is 0.0698. The third-order valence-electron chi connectivity index (χ3n) is 4.16. The number of benzene rings is 1. The molecule has 162 valence electrons. The zero-order chi connectivity index (χ0) is 22.4. The maximum absolute atomic E-state index is 13.2. The van der Waals surface area contributed by atoms with Crippen molar-refractivity contribution >= 4 is 29.0 Å². The molecule has 11 heteroatoms. The molecule has 0 spiro atoms. The van der Waals surface area contributed by atoms with Crippen molar-refractivity contribution in [2.45, 2.75) is 6.92 Å². The number of nitrogens with one attached hydrogen (secondary N) is 2. The second-order valence-electron chi connectivity index (χ2n) is 6.38. The third kappa shape index (κ3) is 5.39. The minimum atomic E-state index is -0.836. The van der Waals surface area contributed by atoms with Crippen molar-refractivity contribution in [1.29, 1.82) is 0 Å². The number of pyridine rings is 1. The van der Waals surface area contributed by atoms with Gasteiger partial charge in [-0.15, -0.1) is 0 Å². The SMILES string of the molecule is COCCNC(=O)NC(=O)COC(=O)c1cc(-c2ccc(F)cc2)nc2onc(C)c12. The van der Waals surface area contributed by atoms with Crippen molar-refractivity contribution < 1.29 is 32.8 Å². The van der Waals surface area contributed by atoms with Crippen LogP contribution < -0.4 is 10.6 Å². The highest BCUT2D eigenvalue weighted by Gasteiger charge is 2.21. The number of rotatable bonds is 7. The molecule has 31 heavy (non-hydrogen) atoms. The molecule has 0 bridgehead atoms. The van der Waals surface area contributed by atoms with E-state index in [2.05, 4.69) is 15.5 Å². The molecule has 0 saturated carbocycles. The molecular formula is C20H19FN4O6. The number of carbonyl (C=O) groups is 3. The van der Waals surface area contributed by atoms with Gasteiger partial charge in [0.2, 0.25) is 0 Å². The van der Waals surface area contributed by atoms with Crippen LogP contribution in [0.5, 0.6) is 0 Å². The Labute approximate surface area is 175 Å². The standard InChI is InChI=1S/C20H19FN4O6/c1-11-17-14(19(27)30-10-16(26)24-20(28)22-7-8-29-2)9-15(23-18(17)31-25-11)12-3-5-13(21)6-4-12/h3-6,9H,7-8,10H2,1-2H3,(H2,22,24,26,28). The second kappa shape index (κ2) is 9.76. The van der Waals surface area contributed by atoms with Gasteiger partial charge in [-0.2, -0.15) is 0 Å². The van der Waals surface area contributed by atoms with E-state index >= 15 is 0 Å². The predicted molar refractivity (Wildman–Crippen MR) is 106 cm³/mol. The number of aromatic nitrogens is 2. The summed E-state index contributed by atoms with van der Waals surface area (Å²) in [4.78, 5) is 40.4. The summed E-state index contributed by atoms with van der Waals surface area (Å²) < 4.78 is 28.2. The first-order chi connectivity index (χ1) is 14.9. The summed E-state index contributed by atoms with van der Waals surface area (Å²) in [5.41, 5.74) is 1.44. The Hall–Kier alpha value is -3.86. The van der Waals surface area contributed by atoms with Crippen LogP contribution in [0, 0.1) is 12.7 Å². The molecule has 3 rings (SSSR count). The van der Waals surface area contributed by atoms with Gasteiger partial charge < -0.3 is 19.3 Å². The zero-order valence-electron chi connectivity index (χ0n) is 16.7. The maximum Gasteiger partial charge on any atom is 0.339 e. The van der Waals surface area contributed by atoms with Crippen LogP contribution in [-0.4, -0.2) is 54.9 Å². The monoisotopic (exact) mass is 430 g/mol. The lowest BCUT2D eigenvalue weighted by Gasteiger charge is -2.09. The second-order valence-corrected chi connectivity index (χ2v) is 6.38. The molecule has 10 nitrogen and oxygen atoms in total. The topological polar surface area (TPSA) is 133 Å². The van der Waals surface area contributed by atoms with E-state index in [1.807, 2.05) is 5.32 Å². The lowest BCUT2D eigenvalue weighted by Crippen LogP contribution is -2.42. The fourth-order valence-corrected chi connectivity index (χ4v) is 2.71. The van der Waals surface area contributed by atoms with Crippen molar-refractivity contribution in [2.24, 2.45) is 0 Å². The molecule has 2 N–H and O–H groups in total. The number of amides is 3. The number of urea groups is 1. The summed E-state index contributed by atoms with van der Waals surface area (Å²) >= 11 is 0. The first-order valence-corrected chi connectivity index (χ1v) is 9.15. The summed E-state index contributed by atoms with van der Waals surface area (Å²) in [5.74, 6) is -2.07. The molecule has 0 atom stereocenters. The molecule has 0 saturated heterocycles. The van der Waals surface area contributed by atoms with Crippen molar-refractivity contribution in [3.05, 3.63) is 47.4 Å². The first kappa shape index (κ1) is 21.8. The Bertz CT molecular complexity index is 1110. The zero-order valence-corrected chi connectivity index (χ0v) is 16.7. The normalized spacial score (nSPS) is 10.7. The van der Waals surface area contributed by atoms with Gasteiger partial charge in [0.1, 0.15) is 5.82 Å². The van der Waals surface area contributed by atoms with Gasteiger partial charge in [-0.1, -0.05) is 5.16 Å². The Morgan fingerprint density at radius 3 is 2.65 bits per heavy atom. The van der Waals surface area contributed by atoms with Crippen molar-refractivity contribution in [2.75, 3.05) is 26.9 Å². The van der Waals surface area contributed by atoms with Gasteiger partial charge in [0, 0.05) is 19.2 Å². The molecule has 2 aromatic heterocycles. The van der Waals surface area contributed by atoms with Gasteiger partial charge >= 0.3 is 12.0 Å². The molecule has 1 aromatic carbocycles. The molecular weight excluding hydrogens is 411 g/mol. The van der Waals surface area contributed by atoms with Crippen LogP contribution in [0.3, 0.4) is 0 Å². The van der Waals surface area contributed by atoms with Crippen LogP contribution in [0.15, 0.2) is 34.9 Å². The summed E-state index contributed by atoms with van der Waals surface area (Å²) in [5, 5.41) is 8.57. The molecule has 0 unspecified atom stereocenters. The van der Waals surface area contributed by atoms with Crippen molar-refractivity contribution in [1.82, 2.24) is 20.8 Å². The lowest BCUT2D eigenvalue weighted by molar-refractivity contribution is -0.123. The average molecular weight is 430 g/mol. The van der Waals surface area contributed by atoms with Crippen LogP contribution >= 0.6 is 0 Å². The number of hydrogen-bond donors (Lipinski definition) is 2. The number of imide groups is 1. The Morgan fingerprint density at radius 2 is 1.94 bits per heavy atom. The van der Waals surface area contributed by atoms with Crippen molar-refractivity contribution in [3.63, 3.8) is 0 Å². The number of esters is 1. The van der Waals surface area contributed by atoms with Gasteiger partial charge in [0.25, 0.3) is 11.6 Å². The summed E-state index contributed by atoms with van der Waals surface area (Å²) in [6.45, 7) is 1.43. The van der Waals surface area contributed by atoms with E-state index in [0.29, 0.717) is 22.3 Å². The van der Waals surface area contributed by atoms with E-state index < -0.39 is 30.3 Å². The van der Waals surface area contributed by atoms with Crippen molar-refractivity contribution in [3.8, 4) is 11.3 Å². The molecule has 2 heterocycles. The van der Waals surface area contributed by atoms with E-state index in [9.17, 15) is 18.8 Å². The minimum Gasteiger partial charge on any atom is -0.452 e. The van der Waals surface area contributed by atoms with Gasteiger partial charge in [-0.3, -0.25) is 10.1 Å². The average Bonchev–Trinajstić information content (AvgIpc) is 3.13. The van der Waals surface area contributed by atoms with E-state index in [-0.39, 0.29) is 24.4 Å². The lowest BCUT2D eigenvalue weighted by atomic mass is 10.1. The smallest absolute Gasteiger partial charge is 0.339 e.